The minimum atomic E-state index is -0.299. The van der Waals surface area contributed by atoms with E-state index in [1.807, 2.05) is 30.3 Å². The molecule has 0 fully saturated rings. The van der Waals surface area contributed by atoms with Crippen LogP contribution in [0.3, 0.4) is 0 Å². The lowest BCUT2D eigenvalue weighted by molar-refractivity contribution is 0.412. The highest BCUT2D eigenvalue weighted by Gasteiger charge is 2.12. The summed E-state index contributed by atoms with van der Waals surface area (Å²) in [5.41, 5.74) is 1.07. The van der Waals surface area contributed by atoms with Crippen LogP contribution < -0.4 is 15.0 Å². The maximum absolute atomic E-state index is 12.7. The number of ether oxygens (including phenoxy) is 2. The Kier molecular flexibility index (Phi) is 4.10. The first kappa shape index (κ1) is 14.8. The summed E-state index contributed by atoms with van der Waals surface area (Å²) in [6.07, 6.45) is 1.62. The lowest BCUT2D eigenvalue weighted by Gasteiger charge is -2.11. The first-order chi connectivity index (χ1) is 11.2. The van der Waals surface area contributed by atoms with Crippen LogP contribution in [0.4, 0.5) is 0 Å². The minimum Gasteiger partial charge on any atom is -0.497 e. The molecule has 5 heteroatoms. The largest absolute Gasteiger partial charge is 0.497 e. The molecule has 0 bridgehead atoms. The van der Waals surface area contributed by atoms with Crippen molar-refractivity contribution < 1.29 is 9.47 Å². The lowest BCUT2D eigenvalue weighted by Crippen LogP contribution is -2.22. The highest BCUT2D eigenvalue weighted by Crippen LogP contribution is 2.23. The fraction of sp³-hybridized carbons (Fsp3) is 0.111. The van der Waals surface area contributed by atoms with Gasteiger partial charge in [-0.25, -0.2) is 0 Å². The molecule has 0 aliphatic heterocycles. The van der Waals surface area contributed by atoms with E-state index in [0.29, 0.717) is 17.0 Å². The third-order valence-corrected chi connectivity index (χ3v) is 3.39. The van der Waals surface area contributed by atoms with E-state index in [9.17, 15) is 4.79 Å². The monoisotopic (exact) mass is 308 g/mol. The van der Waals surface area contributed by atoms with Gasteiger partial charge in [0.05, 0.1) is 19.0 Å². The smallest absolute Gasteiger partial charge is 0.314 e. The second-order valence-electron chi connectivity index (χ2n) is 4.99. The van der Waals surface area contributed by atoms with Crippen LogP contribution in [-0.4, -0.2) is 16.9 Å². The van der Waals surface area contributed by atoms with Crippen molar-refractivity contribution in [3.63, 3.8) is 0 Å². The molecular formula is C18H16N2O3. The Hall–Kier alpha value is -3.08. The Labute approximate surface area is 133 Å². The first-order valence-electron chi connectivity index (χ1n) is 7.15. The molecule has 0 saturated heterocycles. The van der Waals surface area contributed by atoms with Crippen molar-refractivity contribution >= 4 is 0 Å². The molecule has 3 rings (SSSR count). The normalized spacial score (nSPS) is 10.3. The van der Waals surface area contributed by atoms with Crippen molar-refractivity contribution in [2.75, 3.05) is 7.11 Å². The number of rotatable bonds is 4. The molecule has 3 aromatic rings. The van der Waals surface area contributed by atoms with Crippen molar-refractivity contribution in [3.8, 4) is 22.9 Å². The van der Waals surface area contributed by atoms with Crippen LogP contribution in [-0.2, 0) is 0 Å². The number of para-hydroxylation sites is 1. The number of aromatic nitrogens is 2. The average molecular weight is 308 g/mol. The standard InChI is InChI=1S/C18H16N2O3/c1-13-12-19-20(14-6-4-3-5-7-14)18(21)17(13)23-16-10-8-15(22-2)9-11-16/h3-12H,1-2H3. The van der Waals surface area contributed by atoms with Gasteiger partial charge in [-0.15, -0.1) is 0 Å². The summed E-state index contributed by atoms with van der Waals surface area (Å²) in [5.74, 6) is 1.55. The van der Waals surface area contributed by atoms with E-state index in [1.54, 1.807) is 44.5 Å². The molecule has 0 aliphatic rings. The zero-order valence-electron chi connectivity index (χ0n) is 12.9. The molecule has 0 spiro atoms. The molecule has 1 aromatic heterocycles. The zero-order valence-corrected chi connectivity index (χ0v) is 12.9. The number of benzene rings is 2. The molecule has 0 radical (unpaired) electrons. The Morgan fingerprint density at radius 1 is 0.957 bits per heavy atom. The van der Waals surface area contributed by atoms with Gasteiger partial charge in [-0.2, -0.15) is 9.78 Å². The summed E-state index contributed by atoms with van der Waals surface area (Å²) < 4.78 is 12.2. The fourth-order valence-corrected chi connectivity index (χ4v) is 2.16. The number of methoxy groups -OCH3 is 1. The van der Waals surface area contributed by atoms with Crippen molar-refractivity contribution in [1.82, 2.24) is 9.78 Å². The summed E-state index contributed by atoms with van der Waals surface area (Å²) in [4.78, 5) is 12.7. The summed E-state index contributed by atoms with van der Waals surface area (Å²) >= 11 is 0. The van der Waals surface area contributed by atoms with Crippen molar-refractivity contribution in [2.24, 2.45) is 0 Å². The van der Waals surface area contributed by atoms with Crippen LogP contribution in [0.15, 0.2) is 65.6 Å². The quantitative estimate of drug-likeness (QED) is 0.742. The summed E-state index contributed by atoms with van der Waals surface area (Å²) in [6.45, 7) is 1.79. The number of hydrogen-bond acceptors (Lipinski definition) is 4. The van der Waals surface area contributed by atoms with Gasteiger partial charge in [-0.05, 0) is 43.3 Å². The lowest BCUT2D eigenvalue weighted by atomic mass is 10.3. The summed E-state index contributed by atoms with van der Waals surface area (Å²) in [7, 11) is 1.60. The Bertz CT molecular complexity index is 856. The molecule has 0 saturated carbocycles. The summed E-state index contributed by atoms with van der Waals surface area (Å²) in [5, 5.41) is 4.18. The van der Waals surface area contributed by atoms with E-state index >= 15 is 0 Å². The van der Waals surface area contributed by atoms with Crippen LogP contribution in [0.2, 0.25) is 0 Å². The van der Waals surface area contributed by atoms with Gasteiger partial charge in [0.15, 0.2) is 5.75 Å². The van der Waals surface area contributed by atoms with Gasteiger partial charge in [0, 0.05) is 5.56 Å². The van der Waals surface area contributed by atoms with E-state index in [-0.39, 0.29) is 11.3 Å². The highest BCUT2D eigenvalue weighted by molar-refractivity contribution is 5.39. The molecule has 0 N–H and O–H groups in total. The van der Waals surface area contributed by atoms with Gasteiger partial charge in [-0.3, -0.25) is 4.79 Å². The Morgan fingerprint density at radius 2 is 1.61 bits per heavy atom. The third kappa shape index (κ3) is 3.08. The van der Waals surface area contributed by atoms with Crippen molar-refractivity contribution in [2.45, 2.75) is 6.92 Å². The second-order valence-corrected chi connectivity index (χ2v) is 4.99. The summed E-state index contributed by atoms with van der Waals surface area (Å²) in [6, 6.07) is 16.3. The molecule has 23 heavy (non-hydrogen) atoms. The molecule has 0 aliphatic carbocycles. The molecule has 116 valence electrons. The van der Waals surface area contributed by atoms with E-state index < -0.39 is 0 Å². The fourth-order valence-electron chi connectivity index (χ4n) is 2.16. The molecular weight excluding hydrogens is 292 g/mol. The van der Waals surface area contributed by atoms with Gasteiger partial charge in [0.2, 0.25) is 0 Å². The third-order valence-electron chi connectivity index (χ3n) is 3.39. The van der Waals surface area contributed by atoms with Gasteiger partial charge in [-0.1, -0.05) is 18.2 Å². The van der Waals surface area contributed by atoms with Gasteiger partial charge in [0.1, 0.15) is 11.5 Å². The van der Waals surface area contributed by atoms with Gasteiger partial charge in [0.25, 0.3) is 0 Å². The molecule has 0 atom stereocenters. The minimum absolute atomic E-state index is 0.258. The molecule has 1 heterocycles. The number of hydrogen-bond donors (Lipinski definition) is 0. The maximum Gasteiger partial charge on any atom is 0.314 e. The maximum atomic E-state index is 12.7. The van der Waals surface area contributed by atoms with E-state index in [2.05, 4.69) is 5.10 Å². The number of nitrogens with zero attached hydrogens (tertiary/aromatic N) is 2. The van der Waals surface area contributed by atoms with Crippen molar-refractivity contribution in [3.05, 3.63) is 76.7 Å². The highest BCUT2D eigenvalue weighted by atomic mass is 16.5. The van der Waals surface area contributed by atoms with E-state index in [4.69, 9.17) is 9.47 Å². The average Bonchev–Trinajstić information content (AvgIpc) is 2.60. The molecule has 0 amide bonds. The van der Waals surface area contributed by atoms with Crippen molar-refractivity contribution in [1.29, 1.82) is 0 Å². The van der Waals surface area contributed by atoms with E-state index in [0.717, 1.165) is 5.75 Å². The van der Waals surface area contributed by atoms with Crippen LogP contribution >= 0.6 is 0 Å². The molecule has 5 nitrogen and oxygen atoms in total. The van der Waals surface area contributed by atoms with Crippen LogP contribution in [0.1, 0.15) is 5.56 Å². The second kappa shape index (κ2) is 6.36. The first-order valence-corrected chi connectivity index (χ1v) is 7.15. The van der Waals surface area contributed by atoms with Gasteiger partial charge < -0.3 is 9.47 Å². The molecule has 2 aromatic carbocycles. The van der Waals surface area contributed by atoms with Crippen LogP contribution in [0.25, 0.3) is 5.69 Å². The van der Waals surface area contributed by atoms with Crippen LogP contribution in [0, 0.1) is 6.92 Å². The topological polar surface area (TPSA) is 53.4 Å². The molecule has 0 unspecified atom stereocenters. The Balaban J connectivity index is 2.00. The van der Waals surface area contributed by atoms with Gasteiger partial charge >= 0.3 is 5.56 Å². The number of aryl methyl sites for hydroxylation is 1. The predicted molar refractivity (Wildman–Crippen MR) is 87.6 cm³/mol. The Morgan fingerprint density at radius 3 is 2.26 bits per heavy atom. The SMILES string of the molecule is COc1ccc(Oc2c(C)cnn(-c3ccccc3)c2=O)cc1. The predicted octanol–water partition coefficient (Wildman–Crippen LogP) is 3.34. The van der Waals surface area contributed by atoms with E-state index in [1.165, 1.54) is 4.68 Å². The van der Waals surface area contributed by atoms with Crippen LogP contribution in [0.5, 0.6) is 17.2 Å². The zero-order chi connectivity index (χ0) is 16.2.